The molecule has 2 nitrogen and oxygen atoms in total. The van der Waals surface area contributed by atoms with Gasteiger partial charge < -0.3 is 5.11 Å². The van der Waals surface area contributed by atoms with Crippen LogP contribution in [0.4, 0.5) is 4.39 Å². The minimum Gasteiger partial charge on any atom is -0.472 e. The summed E-state index contributed by atoms with van der Waals surface area (Å²) >= 11 is 0. The quantitative estimate of drug-likeness (QED) is 0.622. The highest BCUT2D eigenvalue weighted by Gasteiger charge is 1.87. The molecule has 0 heterocycles. The number of aliphatic carboxylic acids is 1. The second kappa shape index (κ2) is 4.69. The molecule has 1 rings (SSSR count). The molecular weight excluding hydrogens is 183 g/mol. The van der Waals surface area contributed by atoms with Crippen LogP contribution in [0.1, 0.15) is 5.56 Å². The van der Waals surface area contributed by atoms with Crippen LogP contribution in [0, 0.1) is 29.5 Å². The van der Waals surface area contributed by atoms with Gasteiger partial charge in [-0.15, -0.1) is 0 Å². The number of carboxylic acid groups (broad SMARTS) is 1. The molecule has 1 N–H and O–H groups in total. The van der Waals surface area contributed by atoms with Crippen molar-refractivity contribution in [2.24, 2.45) is 0 Å². The van der Waals surface area contributed by atoms with Gasteiger partial charge in [-0.25, -0.2) is 9.18 Å². The lowest BCUT2D eigenvalue weighted by Gasteiger charge is -1.87. The Hall–Kier alpha value is -2.26. The molecule has 0 aliphatic rings. The predicted octanol–water partition coefficient (Wildman–Crippen LogP) is 1.27. The van der Waals surface area contributed by atoms with Gasteiger partial charge in [-0.05, 0) is 36.1 Å². The fourth-order valence-corrected chi connectivity index (χ4v) is 0.721. The maximum Gasteiger partial charge on any atom is 0.382 e. The van der Waals surface area contributed by atoms with E-state index in [0.29, 0.717) is 5.56 Å². The van der Waals surface area contributed by atoms with Crippen molar-refractivity contribution in [3.63, 3.8) is 0 Å². The molecule has 0 unspecified atom stereocenters. The first-order chi connectivity index (χ1) is 6.68. The maximum atomic E-state index is 12.4. The Bertz CT molecular complexity index is 452. The van der Waals surface area contributed by atoms with Crippen LogP contribution in [0.5, 0.6) is 0 Å². The van der Waals surface area contributed by atoms with Crippen molar-refractivity contribution in [2.45, 2.75) is 0 Å². The monoisotopic (exact) mass is 188 g/mol. The van der Waals surface area contributed by atoms with Gasteiger partial charge in [-0.1, -0.05) is 5.92 Å². The summed E-state index contributed by atoms with van der Waals surface area (Å²) in [4.78, 5) is 9.96. The predicted molar refractivity (Wildman–Crippen MR) is 48.7 cm³/mol. The average Bonchev–Trinajstić information content (AvgIpc) is 2.15. The normalized spacial score (nSPS) is 7.79. The van der Waals surface area contributed by atoms with Crippen molar-refractivity contribution in [2.75, 3.05) is 0 Å². The molecule has 0 aromatic heterocycles. The first-order valence-corrected chi connectivity index (χ1v) is 3.69. The maximum absolute atomic E-state index is 12.4. The highest BCUT2D eigenvalue weighted by Crippen LogP contribution is 1.99. The summed E-state index contributed by atoms with van der Waals surface area (Å²) in [6.07, 6.45) is 0. The minimum absolute atomic E-state index is 0.341. The van der Waals surface area contributed by atoms with E-state index in [0.717, 1.165) is 0 Å². The molecule has 0 aliphatic heterocycles. The largest absolute Gasteiger partial charge is 0.472 e. The highest BCUT2D eigenvalue weighted by molar-refractivity contribution is 5.87. The van der Waals surface area contributed by atoms with Crippen molar-refractivity contribution in [1.82, 2.24) is 0 Å². The summed E-state index contributed by atoms with van der Waals surface area (Å²) in [5.41, 5.74) is 0.589. The molecule has 3 heteroatoms. The number of carboxylic acids is 1. The minimum atomic E-state index is -1.22. The van der Waals surface area contributed by atoms with Crippen molar-refractivity contribution >= 4 is 5.97 Å². The molecule has 0 aliphatic carbocycles. The third-order valence-corrected chi connectivity index (χ3v) is 1.28. The summed E-state index contributed by atoms with van der Waals surface area (Å²) in [7, 11) is 0. The van der Waals surface area contributed by atoms with E-state index in [1.165, 1.54) is 24.3 Å². The Kier molecular flexibility index (Phi) is 3.29. The van der Waals surface area contributed by atoms with E-state index in [4.69, 9.17) is 5.11 Å². The third-order valence-electron chi connectivity index (χ3n) is 1.28. The van der Waals surface area contributed by atoms with Gasteiger partial charge in [0, 0.05) is 11.5 Å². The Morgan fingerprint density at radius 3 is 2.43 bits per heavy atom. The number of benzene rings is 1. The van der Waals surface area contributed by atoms with E-state index in [1.54, 1.807) is 0 Å². The molecule has 14 heavy (non-hydrogen) atoms. The fraction of sp³-hybridized carbons (Fsp3) is 0. The van der Waals surface area contributed by atoms with Crippen molar-refractivity contribution in [3.05, 3.63) is 35.6 Å². The molecule has 0 radical (unpaired) electrons. The molecule has 0 fully saturated rings. The summed E-state index contributed by atoms with van der Waals surface area (Å²) in [6.45, 7) is 0. The van der Waals surface area contributed by atoms with E-state index in [1.807, 2.05) is 5.92 Å². The smallest absolute Gasteiger partial charge is 0.382 e. The SMILES string of the molecule is O=C(O)C#CC#Cc1ccc(F)cc1. The van der Waals surface area contributed by atoms with Crippen molar-refractivity contribution in [1.29, 1.82) is 0 Å². The molecule has 68 valence electrons. The van der Waals surface area contributed by atoms with Gasteiger partial charge in [0.15, 0.2) is 0 Å². The lowest BCUT2D eigenvalue weighted by atomic mass is 10.2. The van der Waals surface area contributed by atoms with Crippen LogP contribution >= 0.6 is 0 Å². The number of carbonyl (C=O) groups is 1. The van der Waals surface area contributed by atoms with Gasteiger partial charge in [0.1, 0.15) is 5.82 Å². The topological polar surface area (TPSA) is 37.3 Å². The molecule has 0 bridgehead atoms. The number of hydrogen-bond acceptors (Lipinski definition) is 1. The molecule has 1 aromatic carbocycles. The second-order valence-electron chi connectivity index (χ2n) is 2.31. The molecule has 0 spiro atoms. The fourth-order valence-electron chi connectivity index (χ4n) is 0.721. The molecular formula is C11H5FO2. The van der Waals surface area contributed by atoms with Crippen LogP contribution < -0.4 is 0 Å². The van der Waals surface area contributed by atoms with E-state index in [-0.39, 0.29) is 5.82 Å². The zero-order valence-electron chi connectivity index (χ0n) is 7.04. The van der Waals surface area contributed by atoms with Crippen molar-refractivity contribution in [3.8, 4) is 23.7 Å². The Morgan fingerprint density at radius 1 is 1.21 bits per heavy atom. The summed E-state index contributed by atoms with van der Waals surface area (Å²) < 4.78 is 12.4. The van der Waals surface area contributed by atoms with Gasteiger partial charge in [0.25, 0.3) is 0 Å². The van der Waals surface area contributed by atoms with Crippen LogP contribution in [0.3, 0.4) is 0 Å². The van der Waals surface area contributed by atoms with Crippen LogP contribution in [0.2, 0.25) is 0 Å². The van der Waals surface area contributed by atoms with Crippen LogP contribution in [-0.4, -0.2) is 11.1 Å². The second-order valence-corrected chi connectivity index (χ2v) is 2.31. The summed E-state index contributed by atoms with van der Waals surface area (Å²) in [5.74, 6) is 7.34. The van der Waals surface area contributed by atoms with E-state index in [2.05, 4.69) is 17.8 Å². The standard InChI is InChI=1S/C11H5FO2/c12-10-7-5-9(6-8-10)3-1-2-4-11(13)14/h5-8H,(H,13,14). The summed E-state index contributed by atoms with van der Waals surface area (Å²) in [6, 6.07) is 5.53. The third kappa shape index (κ3) is 3.42. The lowest BCUT2D eigenvalue weighted by Crippen LogP contribution is -1.85. The van der Waals surface area contributed by atoms with E-state index in [9.17, 15) is 9.18 Å². The van der Waals surface area contributed by atoms with Crippen molar-refractivity contribution < 1.29 is 14.3 Å². The van der Waals surface area contributed by atoms with Gasteiger partial charge >= 0.3 is 5.97 Å². The summed E-state index contributed by atoms with van der Waals surface area (Å²) in [5, 5.41) is 8.16. The Morgan fingerprint density at radius 2 is 1.86 bits per heavy atom. The first kappa shape index (κ1) is 9.83. The molecule has 0 atom stereocenters. The van der Waals surface area contributed by atoms with Gasteiger partial charge in [0.05, 0.1) is 0 Å². The van der Waals surface area contributed by atoms with E-state index >= 15 is 0 Å². The molecule has 1 aromatic rings. The Balaban J connectivity index is 2.75. The number of rotatable bonds is 0. The first-order valence-electron chi connectivity index (χ1n) is 3.69. The zero-order chi connectivity index (χ0) is 10.4. The number of halogens is 1. The molecule has 0 saturated heterocycles. The molecule has 0 amide bonds. The van der Waals surface area contributed by atoms with Gasteiger partial charge in [-0.2, -0.15) is 0 Å². The zero-order valence-corrected chi connectivity index (χ0v) is 7.04. The van der Waals surface area contributed by atoms with Crippen LogP contribution in [-0.2, 0) is 4.79 Å². The lowest BCUT2D eigenvalue weighted by molar-refractivity contribution is -0.130. The van der Waals surface area contributed by atoms with E-state index < -0.39 is 5.97 Å². The van der Waals surface area contributed by atoms with Crippen LogP contribution in [0.15, 0.2) is 24.3 Å². The van der Waals surface area contributed by atoms with Gasteiger partial charge in [-0.3, -0.25) is 0 Å². The van der Waals surface area contributed by atoms with Crippen LogP contribution in [0.25, 0.3) is 0 Å². The molecule has 0 saturated carbocycles. The highest BCUT2D eigenvalue weighted by atomic mass is 19.1. The average molecular weight is 188 g/mol. The van der Waals surface area contributed by atoms with Gasteiger partial charge in [0.2, 0.25) is 0 Å². The Labute approximate surface area is 80.4 Å². The number of hydrogen-bond donors (Lipinski definition) is 1.